The zero-order valence-corrected chi connectivity index (χ0v) is 9.48. The van der Waals surface area contributed by atoms with Crippen molar-refractivity contribution >= 4 is 11.6 Å². The van der Waals surface area contributed by atoms with Gasteiger partial charge in [-0.3, -0.25) is 9.88 Å². The van der Waals surface area contributed by atoms with Crippen LogP contribution >= 0.6 is 11.6 Å². The van der Waals surface area contributed by atoms with E-state index in [1.165, 1.54) is 0 Å². The van der Waals surface area contributed by atoms with E-state index in [0.29, 0.717) is 6.54 Å². The molecule has 4 heteroatoms. The topological polar surface area (TPSA) is 39.9 Å². The maximum atomic E-state index is 8.62. The highest BCUT2D eigenvalue weighted by atomic mass is 35.5. The molecule has 0 saturated heterocycles. The predicted octanol–water partition coefficient (Wildman–Crippen LogP) is 2.03. The van der Waals surface area contributed by atoms with E-state index in [1.807, 2.05) is 31.2 Å². The molecule has 0 bridgehead atoms. The molecular formula is C11H14ClN3. The van der Waals surface area contributed by atoms with E-state index >= 15 is 0 Å². The van der Waals surface area contributed by atoms with E-state index in [0.717, 1.165) is 18.8 Å². The number of pyridine rings is 1. The van der Waals surface area contributed by atoms with Crippen LogP contribution in [-0.4, -0.2) is 28.4 Å². The van der Waals surface area contributed by atoms with Gasteiger partial charge in [0.2, 0.25) is 0 Å². The Labute approximate surface area is 95.3 Å². The molecule has 0 N–H and O–H groups in total. The van der Waals surface area contributed by atoms with Crippen LogP contribution in [0.15, 0.2) is 24.4 Å². The average molecular weight is 224 g/mol. The summed E-state index contributed by atoms with van der Waals surface area (Å²) in [4.78, 5) is 6.33. The van der Waals surface area contributed by atoms with Crippen molar-refractivity contribution in [1.82, 2.24) is 9.88 Å². The molecule has 1 atom stereocenters. The molecule has 0 saturated carbocycles. The summed E-state index contributed by atoms with van der Waals surface area (Å²) in [5.41, 5.74) is 1.00. The van der Waals surface area contributed by atoms with Crippen molar-refractivity contribution in [3.63, 3.8) is 0 Å². The fourth-order valence-electron chi connectivity index (χ4n) is 1.29. The minimum absolute atomic E-state index is 0.450. The van der Waals surface area contributed by atoms with Gasteiger partial charge < -0.3 is 0 Å². The van der Waals surface area contributed by atoms with Gasteiger partial charge in [0.15, 0.2) is 0 Å². The quantitative estimate of drug-likeness (QED) is 0.718. The molecule has 0 aromatic carbocycles. The van der Waals surface area contributed by atoms with Gasteiger partial charge in [-0.25, -0.2) is 0 Å². The standard InChI is InChI=1S/C11H14ClN3/c1-2-15(8-10(12)7-13)9-11-5-3-4-6-14-11/h3-6,10H,2,8-9H2,1H3. The molecule has 0 aliphatic rings. The Kier molecular flexibility index (Phi) is 5.09. The Balaban J connectivity index is 2.51. The molecule has 1 aromatic rings. The Bertz CT molecular complexity index is 320. The van der Waals surface area contributed by atoms with Gasteiger partial charge in [0.1, 0.15) is 5.38 Å². The molecule has 0 aliphatic heterocycles. The lowest BCUT2D eigenvalue weighted by Gasteiger charge is -2.19. The highest BCUT2D eigenvalue weighted by Crippen LogP contribution is 2.04. The van der Waals surface area contributed by atoms with Crippen molar-refractivity contribution < 1.29 is 0 Å². The molecule has 1 heterocycles. The van der Waals surface area contributed by atoms with Gasteiger partial charge in [-0.1, -0.05) is 13.0 Å². The van der Waals surface area contributed by atoms with E-state index in [4.69, 9.17) is 16.9 Å². The van der Waals surface area contributed by atoms with Crippen LogP contribution in [0.25, 0.3) is 0 Å². The Morgan fingerprint density at radius 1 is 1.60 bits per heavy atom. The lowest BCUT2D eigenvalue weighted by atomic mass is 10.3. The van der Waals surface area contributed by atoms with E-state index in [-0.39, 0.29) is 0 Å². The van der Waals surface area contributed by atoms with Gasteiger partial charge in [0.05, 0.1) is 11.8 Å². The van der Waals surface area contributed by atoms with Crippen molar-refractivity contribution in [1.29, 1.82) is 5.26 Å². The number of halogens is 1. The number of hydrogen-bond acceptors (Lipinski definition) is 3. The number of aromatic nitrogens is 1. The number of rotatable bonds is 5. The first kappa shape index (κ1) is 12.0. The third-order valence-electron chi connectivity index (χ3n) is 2.12. The van der Waals surface area contributed by atoms with Gasteiger partial charge in [-0.2, -0.15) is 5.26 Å². The second-order valence-corrected chi connectivity index (χ2v) is 3.77. The number of alkyl halides is 1. The van der Waals surface area contributed by atoms with Gasteiger partial charge in [-0.05, 0) is 18.7 Å². The van der Waals surface area contributed by atoms with E-state index < -0.39 is 5.38 Å². The number of nitrogens with zero attached hydrogens (tertiary/aromatic N) is 3. The van der Waals surface area contributed by atoms with Gasteiger partial charge in [0, 0.05) is 19.3 Å². The summed E-state index contributed by atoms with van der Waals surface area (Å²) in [5, 5.41) is 8.17. The summed E-state index contributed by atoms with van der Waals surface area (Å²) >= 11 is 5.78. The van der Waals surface area contributed by atoms with Crippen LogP contribution in [0.3, 0.4) is 0 Å². The molecule has 15 heavy (non-hydrogen) atoms. The zero-order valence-electron chi connectivity index (χ0n) is 8.73. The molecular weight excluding hydrogens is 210 g/mol. The van der Waals surface area contributed by atoms with Gasteiger partial charge in [-0.15, -0.1) is 11.6 Å². The fourth-order valence-corrected chi connectivity index (χ4v) is 1.49. The van der Waals surface area contributed by atoms with Crippen LogP contribution in [0.2, 0.25) is 0 Å². The third kappa shape index (κ3) is 4.28. The monoisotopic (exact) mass is 223 g/mol. The summed E-state index contributed by atoms with van der Waals surface area (Å²) in [7, 11) is 0. The second kappa shape index (κ2) is 6.39. The van der Waals surface area contributed by atoms with Gasteiger partial charge in [0.25, 0.3) is 0 Å². The third-order valence-corrected chi connectivity index (χ3v) is 2.35. The van der Waals surface area contributed by atoms with Crippen LogP contribution in [0.5, 0.6) is 0 Å². The largest absolute Gasteiger partial charge is 0.295 e. The van der Waals surface area contributed by atoms with E-state index in [1.54, 1.807) is 6.20 Å². The molecule has 1 unspecified atom stereocenters. The minimum atomic E-state index is -0.450. The summed E-state index contributed by atoms with van der Waals surface area (Å²) < 4.78 is 0. The Morgan fingerprint density at radius 3 is 2.93 bits per heavy atom. The fraction of sp³-hybridized carbons (Fsp3) is 0.455. The summed E-state index contributed by atoms with van der Waals surface area (Å²) in [6.45, 7) is 4.22. The van der Waals surface area contributed by atoms with Crippen molar-refractivity contribution in [3.05, 3.63) is 30.1 Å². The highest BCUT2D eigenvalue weighted by molar-refractivity contribution is 6.22. The maximum absolute atomic E-state index is 8.62. The first-order valence-corrected chi connectivity index (χ1v) is 5.36. The van der Waals surface area contributed by atoms with Crippen molar-refractivity contribution in [2.45, 2.75) is 18.8 Å². The van der Waals surface area contributed by atoms with Crippen molar-refractivity contribution in [2.75, 3.05) is 13.1 Å². The summed E-state index contributed by atoms with van der Waals surface area (Å²) in [6.07, 6.45) is 1.77. The first-order valence-electron chi connectivity index (χ1n) is 4.92. The second-order valence-electron chi connectivity index (χ2n) is 3.25. The minimum Gasteiger partial charge on any atom is -0.295 e. The summed E-state index contributed by atoms with van der Waals surface area (Å²) in [6, 6.07) is 7.83. The smallest absolute Gasteiger partial charge is 0.133 e. The lowest BCUT2D eigenvalue weighted by molar-refractivity contribution is 0.285. The predicted molar refractivity (Wildman–Crippen MR) is 60.4 cm³/mol. The highest BCUT2D eigenvalue weighted by Gasteiger charge is 2.10. The molecule has 0 fully saturated rings. The molecule has 3 nitrogen and oxygen atoms in total. The molecule has 0 spiro atoms. The Hall–Kier alpha value is -1.11. The molecule has 1 rings (SSSR count). The SMILES string of the molecule is CCN(Cc1ccccn1)CC(Cl)C#N. The summed E-state index contributed by atoms with van der Waals surface area (Å²) in [5.74, 6) is 0. The molecule has 0 aliphatic carbocycles. The van der Waals surface area contributed by atoms with E-state index in [9.17, 15) is 0 Å². The maximum Gasteiger partial charge on any atom is 0.133 e. The van der Waals surface area contributed by atoms with Crippen LogP contribution in [-0.2, 0) is 6.54 Å². The van der Waals surface area contributed by atoms with Crippen molar-refractivity contribution in [2.24, 2.45) is 0 Å². The normalized spacial score (nSPS) is 12.4. The molecule has 0 amide bonds. The van der Waals surface area contributed by atoms with Crippen LogP contribution in [0, 0.1) is 11.3 Å². The number of nitriles is 1. The number of hydrogen-bond donors (Lipinski definition) is 0. The van der Waals surface area contributed by atoms with Crippen LogP contribution < -0.4 is 0 Å². The molecule has 0 radical (unpaired) electrons. The van der Waals surface area contributed by atoms with Crippen LogP contribution in [0.1, 0.15) is 12.6 Å². The Morgan fingerprint density at radius 2 is 2.40 bits per heavy atom. The molecule has 80 valence electrons. The lowest BCUT2D eigenvalue weighted by Crippen LogP contribution is -2.29. The van der Waals surface area contributed by atoms with E-state index in [2.05, 4.69) is 9.88 Å². The molecule has 1 aromatic heterocycles. The first-order chi connectivity index (χ1) is 7.26. The van der Waals surface area contributed by atoms with Crippen LogP contribution in [0.4, 0.5) is 0 Å². The zero-order chi connectivity index (χ0) is 11.1. The van der Waals surface area contributed by atoms with Gasteiger partial charge >= 0.3 is 0 Å². The average Bonchev–Trinajstić information content (AvgIpc) is 2.29. The van der Waals surface area contributed by atoms with Crippen molar-refractivity contribution in [3.8, 4) is 6.07 Å².